The predicted molar refractivity (Wildman–Crippen MR) is 297 cm³/mol. The first-order valence-electron chi connectivity index (χ1n) is 24.2. The van der Waals surface area contributed by atoms with Crippen molar-refractivity contribution in [3.63, 3.8) is 0 Å². The summed E-state index contributed by atoms with van der Waals surface area (Å²) in [6.07, 6.45) is 14.1. The average molecular weight is 1030 g/mol. The molecule has 0 radical (unpaired) electrons. The lowest BCUT2D eigenvalue weighted by Gasteiger charge is -2.32. The number of ether oxygens (including phenoxy) is 5. The van der Waals surface area contributed by atoms with Crippen molar-refractivity contribution in [2.45, 2.75) is 118 Å². The Kier molecular flexibility index (Phi) is 30.1. The van der Waals surface area contributed by atoms with E-state index in [-0.39, 0.29) is 30.5 Å². The van der Waals surface area contributed by atoms with Crippen LogP contribution in [-0.4, -0.2) is 124 Å². The number of hydrogen-bond acceptors (Lipinski definition) is 14. The van der Waals surface area contributed by atoms with Gasteiger partial charge in [0.1, 0.15) is 24.5 Å². The minimum Gasteiger partial charge on any atom is -0.502 e. The molecule has 1 saturated heterocycles. The Morgan fingerprint density at radius 1 is 0.944 bits per heavy atom. The summed E-state index contributed by atoms with van der Waals surface area (Å²) in [6.45, 7) is 21.2. The zero-order valence-corrected chi connectivity index (χ0v) is 47.0. The van der Waals surface area contributed by atoms with Crippen LogP contribution in [0.4, 0.5) is 0 Å². The molecule has 0 aliphatic carbocycles. The summed E-state index contributed by atoms with van der Waals surface area (Å²) >= 11 is 0. The van der Waals surface area contributed by atoms with E-state index in [0.29, 0.717) is 49.2 Å². The van der Waals surface area contributed by atoms with Gasteiger partial charge in [0.2, 0.25) is 5.88 Å². The maximum Gasteiger partial charge on any atom is 0.256 e. The highest BCUT2D eigenvalue weighted by molar-refractivity contribution is 8.32. The van der Waals surface area contributed by atoms with E-state index in [1.54, 1.807) is 32.1 Å². The molecule has 2 aromatic heterocycles. The van der Waals surface area contributed by atoms with E-state index in [4.69, 9.17) is 33.8 Å². The van der Waals surface area contributed by atoms with Gasteiger partial charge in [0.15, 0.2) is 17.4 Å². The molecule has 398 valence electrons. The second-order valence-electron chi connectivity index (χ2n) is 18.0. The lowest BCUT2D eigenvalue weighted by atomic mass is 9.85. The Labute approximate surface area is 433 Å². The first-order valence-corrected chi connectivity index (χ1v) is 28.4. The molecule has 1 fully saturated rings. The van der Waals surface area contributed by atoms with Crippen LogP contribution in [0.25, 0.3) is 11.2 Å². The fourth-order valence-corrected chi connectivity index (χ4v) is 8.90. The molecule has 1 aliphatic rings. The molecule has 17 heteroatoms. The number of nitrogens with one attached hydrogen (secondary N) is 1. The van der Waals surface area contributed by atoms with E-state index < -0.39 is 18.6 Å². The van der Waals surface area contributed by atoms with Gasteiger partial charge in [-0.1, -0.05) is 97.9 Å². The van der Waals surface area contributed by atoms with E-state index in [2.05, 4.69) is 132 Å². The highest BCUT2D eigenvalue weighted by atomic mass is 32.3. The van der Waals surface area contributed by atoms with Crippen LogP contribution in [0.5, 0.6) is 11.6 Å². The monoisotopic (exact) mass is 1030 g/mol. The number of hydrogen-bond donors (Lipinski definition) is 3. The molecule has 0 bridgehead atoms. The number of aliphatic hydroxyl groups excluding tert-OH is 1. The smallest absolute Gasteiger partial charge is 0.256 e. The fraction of sp³-hybridized carbons (Fsp3) is 0.491. The van der Waals surface area contributed by atoms with Crippen molar-refractivity contribution in [2.24, 2.45) is 0 Å². The molecule has 3 unspecified atom stereocenters. The number of imidazole rings is 1. The standard InChI is InChI=1S/C23H33N5O3S.C18H20O.C9H19N2O2P.C4H8O.CH4O/c1-5-18-13-19(30-14-17-9-7-6-8-10-17)22(31-18)27-28-16-26-20-21(28)24-15-25-23(20)29-11-12-32(2,3)4;1-4-14(2)18(15-8-6-5-7-9-15)16-10-12-17(19-3)13-11-16;1-8(2)11(9(3)4)14(12)13-7-5-6-10;1-4(2)5-3;1-2/h6-10,15-16,18-19,22,27H,5,11-14H2,1-4H3;4-13,18H,1-3H3;8-9,12H,5,7H2,1-4H3;1H2,2-3H3;2H,1H3/b;14-4+;;;/t18?,19-,22+;;;;/m0..../s1. The first kappa shape index (κ1) is 63.0. The van der Waals surface area contributed by atoms with Gasteiger partial charge in [0, 0.05) is 37.3 Å². The number of aromatic nitrogens is 4. The number of allylic oxidation sites excluding steroid dienone is 3. The zero-order chi connectivity index (χ0) is 53.6. The van der Waals surface area contributed by atoms with Crippen molar-refractivity contribution >= 4 is 29.7 Å². The van der Waals surface area contributed by atoms with Crippen LogP contribution in [0.2, 0.25) is 0 Å². The molecule has 5 aromatic rings. The van der Waals surface area contributed by atoms with Crippen molar-refractivity contribution < 1.29 is 38.2 Å². The number of aliphatic hydroxyl groups is 1. The van der Waals surface area contributed by atoms with Crippen LogP contribution in [0, 0.1) is 11.3 Å². The molecule has 1 aliphatic heterocycles. The molecular weight excluding hydrogens is 950 g/mol. The molecule has 3 heterocycles. The molecular formula is C55H84N7O8PS. The van der Waals surface area contributed by atoms with Crippen LogP contribution >= 0.6 is 18.6 Å². The van der Waals surface area contributed by atoms with E-state index in [1.807, 2.05) is 68.8 Å². The Morgan fingerprint density at radius 3 is 2.07 bits per heavy atom. The Bertz CT molecular complexity index is 2300. The quantitative estimate of drug-likeness (QED) is 0.0274. The molecule has 5 atom stereocenters. The number of fused-ring (bicyclic) bond motifs is 1. The largest absolute Gasteiger partial charge is 0.502 e. The molecule has 0 saturated carbocycles. The summed E-state index contributed by atoms with van der Waals surface area (Å²) in [6, 6.07) is 31.6. The highest BCUT2D eigenvalue weighted by Crippen LogP contribution is 2.40. The van der Waals surface area contributed by atoms with Crippen molar-refractivity contribution in [2.75, 3.05) is 64.5 Å². The second kappa shape index (κ2) is 34.4. The van der Waals surface area contributed by atoms with Crippen LogP contribution < -0.4 is 14.9 Å². The van der Waals surface area contributed by atoms with Crippen LogP contribution in [0.3, 0.4) is 0 Å². The summed E-state index contributed by atoms with van der Waals surface area (Å²) in [7, 11) is 2.11. The van der Waals surface area contributed by atoms with Gasteiger partial charge >= 0.3 is 0 Å². The first-order chi connectivity index (χ1) is 34.5. The molecule has 3 aromatic carbocycles. The van der Waals surface area contributed by atoms with E-state index in [0.717, 1.165) is 42.8 Å². The minimum atomic E-state index is -1.55. The maximum absolute atomic E-state index is 9.74. The average Bonchev–Trinajstić information content (AvgIpc) is 3.98. The van der Waals surface area contributed by atoms with Crippen LogP contribution in [-0.2, 0) is 25.3 Å². The lowest BCUT2D eigenvalue weighted by molar-refractivity contribution is -0.0209. The van der Waals surface area contributed by atoms with Crippen molar-refractivity contribution in [3.8, 4) is 17.7 Å². The molecule has 0 spiro atoms. The Morgan fingerprint density at radius 2 is 1.54 bits per heavy atom. The summed E-state index contributed by atoms with van der Waals surface area (Å²) in [5, 5.41) is 15.3. The molecule has 3 N–H and O–H groups in total. The highest BCUT2D eigenvalue weighted by Gasteiger charge is 2.36. The van der Waals surface area contributed by atoms with Gasteiger partial charge in [-0.25, -0.2) is 29.3 Å². The van der Waals surface area contributed by atoms with E-state index >= 15 is 0 Å². The normalized spacial score (nSPS) is 16.3. The molecule has 0 amide bonds. The van der Waals surface area contributed by atoms with Gasteiger partial charge in [0.05, 0.1) is 58.4 Å². The second-order valence-corrected chi connectivity index (χ2v) is 23.8. The van der Waals surface area contributed by atoms with Gasteiger partial charge in [-0.2, -0.15) is 10.2 Å². The molecule has 6 rings (SSSR count). The van der Waals surface area contributed by atoms with Gasteiger partial charge in [-0.15, -0.1) is 0 Å². The third kappa shape index (κ3) is 22.4. The van der Waals surface area contributed by atoms with Gasteiger partial charge in [0.25, 0.3) is 8.53 Å². The van der Waals surface area contributed by atoms with Gasteiger partial charge < -0.3 is 38.2 Å². The SMILES string of the molecule is C/C=C(\C)C(c1ccccc1)c1ccc(OC)cc1.C=C(C)OC.CC(C)N(C(C)C)P(O)OCCC#N.CCC1C[C@H](OCc2ccccc2)[C@H](Nn2cnc3c(OCCS(C)(C)C)ncnc32)O1.CO. The predicted octanol–water partition coefficient (Wildman–Crippen LogP) is 11.4. The van der Waals surface area contributed by atoms with E-state index in [1.165, 1.54) is 23.0 Å². The lowest BCUT2D eigenvalue weighted by Crippen LogP contribution is -2.37. The van der Waals surface area contributed by atoms with E-state index in [9.17, 15) is 4.89 Å². The van der Waals surface area contributed by atoms with Gasteiger partial charge in [-0.3, -0.25) is 5.43 Å². The Balaban J connectivity index is 0.000000377. The Hall–Kier alpha value is -5.08. The third-order valence-electron chi connectivity index (χ3n) is 11.0. The molecule has 15 nitrogen and oxygen atoms in total. The van der Waals surface area contributed by atoms with Gasteiger partial charge in [-0.05, 0) is 102 Å². The number of nitrogens with zero attached hydrogens (tertiary/aromatic N) is 6. The third-order valence-corrected chi connectivity index (χ3v) is 14.1. The fourth-order valence-electron chi connectivity index (χ4n) is 7.14. The van der Waals surface area contributed by atoms with Crippen LogP contribution in [0.15, 0.2) is 122 Å². The topological polar surface area (TPSA) is 178 Å². The summed E-state index contributed by atoms with van der Waals surface area (Å²) in [5.74, 6) is 3.48. The number of methoxy groups -OCH3 is 2. The number of rotatable bonds is 21. The maximum atomic E-state index is 9.74. The summed E-state index contributed by atoms with van der Waals surface area (Å²) in [4.78, 5) is 22.9. The van der Waals surface area contributed by atoms with Crippen molar-refractivity contribution in [3.05, 3.63) is 138 Å². The molecule has 72 heavy (non-hydrogen) atoms. The summed E-state index contributed by atoms with van der Waals surface area (Å²) in [5.41, 5.74) is 9.80. The van der Waals surface area contributed by atoms with Crippen molar-refractivity contribution in [1.29, 1.82) is 5.26 Å². The van der Waals surface area contributed by atoms with Crippen molar-refractivity contribution in [1.82, 2.24) is 24.3 Å². The minimum absolute atomic E-state index is 0.0788. The zero-order valence-electron chi connectivity index (χ0n) is 45.3. The van der Waals surface area contributed by atoms with Crippen LogP contribution in [0.1, 0.15) is 97.3 Å². The number of nitriles is 1. The summed E-state index contributed by atoms with van der Waals surface area (Å²) < 4.78 is 37.0. The number of benzene rings is 3.